The van der Waals surface area contributed by atoms with Gasteiger partial charge in [-0.05, 0) is 36.8 Å². The molecule has 2 N–H and O–H groups in total. The van der Waals surface area contributed by atoms with Gasteiger partial charge in [0.05, 0.1) is 24.0 Å². The Morgan fingerprint density at radius 3 is 2.81 bits per heavy atom. The molecule has 0 amide bonds. The number of nitrogens with zero attached hydrogens (tertiary/aromatic N) is 2. The quantitative estimate of drug-likeness (QED) is 0.503. The first kappa shape index (κ1) is 15.4. The molecule has 1 aromatic carbocycles. The maximum atomic E-state index is 5.14. The summed E-state index contributed by atoms with van der Waals surface area (Å²) < 4.78 is 5.11. The summed E-state index contributed by atoms with van der Waals surface area (Å²) in [7, 11) is 1.65. The lowest BCUT2D eigenvalue weighted by molar-refractivity contribution is 0.414. The Hall–Kier alpha value is -1.99. The molecular formula is C14H16N4OS2. The largest absolute Gasteiger partial charge is 0.497 e. The normalized spacial score (nSPS) is 10.6. The molecule has 0 fully saturated rings. The van der Waals surface area contributed by atoms with Gasteiger partial charge in [-0.25, -0.2) is 4.98 Å². The van der Waals surface area contributed by atoms with Crippen LogP contribution in [0.25, 0.3) is 0 Å². The molecule has 0 aliphatic carbocycles. The second-order valence-corrected chi connectivity index (χ2v) is 5.66. The first-order chi connectivity index (χ1) is 10.2. The van der Waals surface area contributed by atoms with Crippen molar-refractivity contribution >= 4 is 34.9 Å². The second kappa shape index (κ2) is 7.70. The molecule has 0 radical (unpaired) electrons. The van der Waals surface area contributed by atoms with E-state index in [1.54, 1.807) is 24.7 Å². The summed E-state index contributed by atoms with van der Waals surface area (Å²) in [4.78, 5) is 4.27. The molecule has 0 saturated heterocycles. The lowest BCUT2D eigenvalue weighted by atomic mass is 10.2. The molecule has 1 heterocycles. The predicted octanol–water partition coefficient (Wildman–Crippen LogP) is 2.46. The van der Waals surface area contributed by atoms with Gasteiger partial charge in [-0.1, -0.05) is 12.1 Å². The van der Waals surface area contributed by atoms with Gasteiger partial charge in [0.15, 0.2) is 5.11 Å². The molecule has 1 aromatic heterocycles. The average Bonchev–Trinajstić information content (AvgIpc) is 2.91. The van der Waals surface area contributed by atoms with Gasteiger partial charge in [0, 0.05) is 11.9 Å². The van der Waals surface area contributed by atoms with Gasteiger partial charge >= 0.3 is 0 Å². The molecule has 0 atom stereocenters. The molecule has 7 heteroatoms. The van der Waals surface area contributed by atoms with Crippen LogP contribution in [-0.4, -0.2) is 23.4 Å². The van der Waals surface area contributed by atoms with Crippen molar-refractivity contribution in [1.29, 1.82) is 0 Å². The number of benzene rings is 1. The third kappa shape index (κ3) is 5.13. The van der Waals surface area contributed by atoms with Gasteiger partial charge in [0.1, 0.15) is 5.75 Å². The van der Waals surface area contributed by atoms with E-state index in [9.17, 15) is 0 Å². The zero-order valence-corrected chi connectivity index (χ0v) is 13.4. The lowest BCUT2D eigenvalue weighted by Gasteiger charge is -2.07. The van der Waals surface area contributed by atoms with Crippen molar-refractivity contribution in [3.05, 3.63) is 45.9 Å². The summed E-state index contributed by atoms with van der Waals surface area (Å²) >= 11 is 6.73. The van der Waals surface area contributed by atoms with Crippen molar-refractivity contribution < 1.29 is 4.74 Å². The van der Waals surface area contributed by atoms with Crippen molar-refractivity contribution in [2.24, 2.45) is 5.10 Å². The molecule has 21 heavy (non-hydrogen) atoms. The van der Waals surface area contributed by atoms with Crippen molar-refractivity contribution in [1.82, 2.24) is 15.7 Å². The van der Waals surface area contributed by atoms with Gasteiger partial charge in [-0.2, -0.15) is 5.10 Å². The molecule has 0 saturated carbocycles. The summed E-state index contributed by atoms with van der Waals surface area (Å²) in [5.74, 6) is 0.836. The van der Waals surface area contributed by atoms with E-state index in [-0.39, 0.29) is 0 Å². The number of hydrogen-bond acceptors (Lipinski definition) is 5. The Morgan fingerprint density at radius 2 is 2.19 bits per heavy atom. The predicted molar refractivity (Wildman–Crippen MR) is 90.0 cm³/mol. The Balaban J connectivity index is 1.75. The van der Waals surface area contributed by atoms with E-state index in [1.807, 2.05) is 36.6 Å². The Labute approximate surface area is 133 Å². The highest BCUT2D eigenvalue weighted by Crippen LogP contribution is 2.10. The van der Waals surface area contributed by atoms with Crippen LogP contribution in [0.3, 0.4) is 0 Å². The van der Waals surface area contributed by atoms with Gasteiger partial charge in [0.25, 0.3) is 0 Å². The molecule has 0 spiro atoms. The van der Waals surface area contributed by atoms with Crippen LogP contribution in [0.4, 0.5) is 0 Å². The van der Waals surface area contributed by atoms with Gasteiger partial charge < -0.3 is 10.1 Å². The number of nitrogens with one attached hydrogen (secondary N) is 2. The Morgan fingerprint density at radius 1 is 1.43 bits per heavy atom. The minimum Gasteiger partial charge on any atom is -0.497 e. The average molecular weight is 320 g/mol. The Bertz CT molecular complexity index is 622. The highest BCUT2D eigenvalue weighted by Gasteiger charge is 1.97. The molecular weight excluding hydrogens is 304 g/mol. The number of hydrogen-bond donors (Lipinski definition) is 2. The zero-order valence-electron chi connectivity index (χ0n) is 11.8. The monoisotopic (exact) mass is 320 g/mol. The Kier molecular flexibility index (Phi) is 5.65. The van der Waals surface area contributed by atoms with E-state index in [1.165, 1.54) is 0 Å². The first-order valence-corrected chi connectivity index (χ1v) is 7.58. The molecule has 5 nitrogen and oxygen atoms in total. The third-order valence-electron chi connectivity index (χ3n) is 2.61. The molecule has 0 aliphatic rings. The molecule has 0 bridgehead atoms. The van der Waals surface area contributed by atoms with Gasteiger partial charge in [0.2, 0.25) is 0 Å². The molecule has 110 valence electrons. The van der Waals surface area contributed by atoms with E-state index in [4.69, 9.17) is 17.0 Å². The number of methoxy groups -OCH3 is 1. The lowest BCUT2D eigenvalue weighted by Crippen LogP contribution is -2.31. The maximum Gasteiger partial charge on any atom is 0.187 e. The molecule has 2 rings (SSSR count). The van der Waals surface area contributed by atoms with Crippen LogP contribution in [0.2, 0.25) is 0 Å². The van der Waals surface area contributed by atoms with Gasteiger partial charge in [-0.15, -0.1) is 11.3 Å². The van der Waals surface area contributed by atoms with E-state index < -0.39 is 0 Å². The van der Waals surface area contributed by atoms with E-state index in [0.29, 0.717) is 11.7 Å². The third-order valence-corrected chi connectivity index (χ3v) is 3.64. The topological polar surface area (TPSA) is 58.5 Å². The van der Waals surface area contributed by atoms with Crippen LogP contribution in [0.15, 0.2) is 34.7 Å². The van der Waals surface area contributed by atoms with Crippen molar-refractivity contribution in [2.45, 2.75) is 13.5 Å². The highest BCUT2D eigenvalue weighted by atomic mass is 32.1. The van der Waals surface area contributed by atoms with Crippen LogP contribution < -0.4 is 15.5 Å². The summed E-state index contributed by atoms with van der Waals surface area (Å²) in [6.07, 6.45) is 1.64. The fourth-order valence-electron chi connectivity index (χ4n) is 1.56. The first-order valence-electron chi connectivity index (χ1n) is 6.29. The number of thiazole rings is 1. The standard InChI is InChI=1S/C14H16N4OS2/c1-10-17-12(9-21-10)8-16-18-14(20)15-7-11-3-5-13(19-2)6-4-11/h3-6,8-9H,7H2,1-2H3,(H2,15,18,20)/b16-8-. The SMILES string of the molecule is COc1ccc(CNC(=S)N/N=C\c2csc(C)n2)cc1. The van der Waals surface area contributed by atoms with Crippen molar-refractivity contribution in [2.75, 3.05) is 7.11 Å². The van der Waals surface area contributed by atoms with Crippen molar-refractivity contribution in [3.63, 3.8) is 0 Å². The van der Waals surface area contributed by atoms with E-state index in [2.05, 4.69) is 20.8 Å². The minimum absolute atomic E-state index is 0.467. The van der Waals surface area contributed by atoms with Crippen LogP contribution in [0.1, 0.15) is 16.3 Å². The molecule has 0 aliphatic heterocycles. The zero-order chi connectivity index (χ0) is 15.1. The van der Waals surface area contributed by atoms with Crippen LogP contribution in [0, 0.1) is 6.92 Å². The summed E-state index contributed by atoms with van der Waals surface area (Å²) in [5.41, 5.74) is 4.70. The van der Waals surface area contributed by atoms with E-state index >= 15 is 0 Å². The fraction of sp³-hybridized carbons (Fsp3) is 0.214. The van der Waals surface area contributed by atoms with Crippen LogP contribution in [-0.2, 0) is 6.54 Å². The maximum absolute atomic E-state index is 5.14. The number of thiocarbonyl (C=S) groups is 1. The molecule has 2 aromatic rings. The minimum atomic E-state index is 0.467. The number of aryl methyl sites for hydroxylation is 1. The fourth-order valence-corrected chi connectivity index (χ4v) is 2.25. The van der Waals surface area contributed by atoms with Gasteiger partial charge in [-0.3, -0.25) is 5.43 Å². The molecule has 0 unspecified atom stereocenters. The second-order valence-electron chi connectivity index (χ2n) is 4.19. The summed E-state index contributed by atoms with van der Waals surface area (Å²) in [6, 6.07) is 7.79. The van der Waals surface area contributed by atoms with E-state index in [0.717, 1.165) is 22.0 Å². The van der Waals surface area contributed by atoms with Crippen LogP contribution in [0.5, 0.6) is 5.75 Å². The summed E-state index contributed by atoms with van der Waals surface area (Å²) in [6.45, 7) is 2.58. The number of rotatable bonds is 5. The smallest absolute Gasteiger partial charge is 0.187 e. The summed E-state index contributed by atoms with van der Waals surface area (Å²) in [5, 5.41) is 10.5. The highest BCUT2D eigenvalue weighted by molar-refractivity contribution is 7.80. The number of ether oxygens (including phenoxy) is 1. The van der Waals surface area contributed by atoms with Crippen molar-refractivity contribution in [3.8, 4) is 5.75 Å². The number of hydrazone groups is 1. The van der Waals surface area contributed by atoms with Crippen LogP contribution >= 0.6 is 23.6 Å². The number of aromatic nitrogens is 1.